The van der Waals surface area contributed by atoms with Gasteiger partial charge in [-0.3, -0.25) is 9.59 Å². The Balaban J connectivity index is 2.39. The van der Waals surface area contributed by atoms with Crippen LogP contribution in [0.2, 0.25) is 0 Å². The largest absolute Gasteiger partial charge is 0.479 e. The van der Waals surface area contributed by atoms with Crippen LogP contribution < -0.4 is 0 Å². The SMILES string of the molecule is CCCCCC/C=C\CCCCCCCCCC(=O)OC(COC(=O)CCCCCCCCCCCCCCC)CO[C@@H]1O[C@@H](C(=O)O)[C@H](O)[C@H](O)[C@H]1O. The summed E-state index contributed by atoms with van der Waals surface area (Å²) in [6.45, 7) is 3.80. The van der Waals surface area contributed by atoms with E-state index < -0.39 is 54.7 Å². The number of carbonyl (C=O) groups excluding carboxylic acids is 2. The van der Waals surface area contributed by atoms with E-state index in [9.17, 15) is 34.8 Å². The second-order valence-electron chi connectivity index (χ2n) is 15.2. The van der Waals surface area contributed by atoms with Crippen molar-refractivity contribution < 1.29 is 53.8 Å². The highest BCUT2D eigenvalue weighted by Gasteiger charge is 2.47. The van der Waals surface area contributed by atoms with Crippen molar-refractivity contribution in [2.75, 3.05) is 13.2 Å². The quantitative estimate of drug-likeness (QED) is 0.0273. The monoisotopic (exact) mass is 771 g/mol. The zero-order valence-electron chi connectivity index (χ0n) is 34.0. The lowest BCUT2D eigenvalue weighted by Gasteiger charge is -2.38. The third-order valence-electron chi connectivity index (χ3n) is 10.1. The van der Waals surface area contributed by atoms with Gasteiger partial charge in [0.05, 0.1) is 6.61 Å². The first kappa shape index (κ1) is 50.0. The van der Waals surface area contributed by atoms with Gasteiger partial charge in [0.1, 0.15) is 24.9 Å². The molecule has 1 heterocycles. The summed E-state index contributed by atoms with van der Waals surface area (Å²) in [4.78, 5) is 36.7. The maximum Gasteiger partial charge on any atom is 0.335 e. The van der Waals surface area contributed by atoms with E-state index in [4.69, 9.17) is 18.9 Å². The van der Waals surface area contributed by atoms with E-state index in [1.807, 2.05) is 0 Å². The van der Waals surface area contributed by atoms with Gasteiger partial charge in [-0.25, -0.2) is 4.79 Å². The predicted molar refractivity (Wildman–Crippen MR) is 211 cm³/mol. The number of ether oxygens (including phenoxy) is 4. The molecule has 1 rings (SSSR count). The molecule has 11 heteroatoms. The molecule has 1 aliphatic heterocycles. The number of aliphatic hydroxyl groups excluding tert-OH is 3. The van der Waals surface area contributed by atoms with Gasteiger partial charge in [-0.15, -0.1) is 0 Å². The predicted octanol–water partition coefficient (Wildman–Crippen LogP) is 8.87. The number of hydrogen-bond acceptors (Lipinski definition) is 10. The van der Waals surface area contributed by atoms with Crippen molar-refractivity contribution in [2.24, 2.45) is 0 Å². The molecule has 0 aromatic carbocycles. The van der Waals surface area contributed by atoms with Crippen LogP contribution in [0.25, 0.3) is 0 Å². The Kier molecular flexibility index (Phi) is 31.7. The summed E-state index contributed by atoms with van der Waals surface area (Å²) in [5.74, 6) is -2.44. The second kappa shape index (κ2) is 34.2. The minimum atomic E-state index is -1.86. The molecule has 0 aromatic rings. The zero-order chi connectivity index (χ0) is 39.7. The Bertz CT molecular complexity index is 958. The molecular formula is C43H78O11. The van der Waals surface area contributed by atoms with Crippen LogP contribution in [-0.2, 0) is 33.3 Å². The molecule has 0 aromatic heterocycles. The van der Waals surface area contributed by atoms with Crippen LogP contribution in [0.5, 0.6) is 0 Å². The van der Waals surface area contributed by atoms with Crippen LogP contribution in [-0.4, -0.2) is 88.4 Å². The van der Waals surface area contributed by atoms with E-state index in [1.165, 1.54) is 109 Å². The molecule has 1 saturated heterocycles. The summed E-state index contributed by atoms with van der Waals surface area (Å²) >= 11 is 0. The number of carboxylic acids is 1. The van der Waals surface area contributed by atoms with Gasteiger partial charge in [0.25, 0.3) is 0 Å². The average Bonchev–Trinajstić information content (AvgIpc) is 3.15. The van der Waals surface area contributed by atoms with E-state index in [-0.39, 0.29) is 26.1 Å². The van der Waals surface area contributed by atoms with Crippen LogP contribution in [0.4, 0.5) is 0 Å². The van der Waals surface area contributed by atoms with Crippen molar-refractivity contribution in [1.29, 1.82) is 0 Å². The lowest BCUT2D eigenvalue weighted by Crippen LogP contribution is -2.60. The Morgan fingerprint density at radius 1 is 0.556 bits per heavy atom. The normalized spacial score (nSPS) is 20.6. The Hall–Kier alpha value is -2.05. The molecule has 6 atom stereocenters. The third kappa shape index (κ3) is 25.9. The number of hydrogen-bond donors (Lipinski definition) is 4. The maximum absolute atomic E-state index is 12.7. The van der Waals surface area contributed by atoms with Gasteiger partial charge in [0.15, 0.2) is 18.5 Å². The van der Waals surface area contributed by atoms with Crippen molar-refractivity contribution in [3.05, 3.63) is 12.2 Å². The molecule has 316 valence electrons. The van der Waals surface area contributed by atoms with Crippen LogP contribution in [0, 0.1) is 0 Å². The molecule has 0 spiro atoms. The number of rotatable bonds is 36. The van der Waals surface area contributed by atoms with Gasteiger partial charge < -0.3 is 39.4 Å². The third-order valence-corrected chi connectivity index (χ3v) is 10.1. The highest BCUT2D eigenvalue weighted by Crippen LogP contribution is 2.23. The van der Waals surface area contributed by atoms with E-state index in [0.717, 1.165) is 44.9 Å². The van der Waals surface area contributed by atoms with Crippen molar-refractivity contribution in [1.82, 2.24) is 0 Å². The summed E-state index contributed by atoms with van der Waals surface area (Å²) in [5.41, 5.74) is 0. The van der Waals surface area contributed by atoms with E-state index in [0.29, 0.717) is 12.8 Å². The number of carbonyl (C=O) groups is 3. The number of aliphatic carboxylic acids is 1. The first-order chi connectivity index (χ1) is 26.2. The summed E-state index contributed by atoms with van der Waals surface area (Å²) in [7, 11) is 0. The van der Waals surface area contributed by atoms with Crippen LogP contribution in [0.15, 0.2) is 12.2 Å². The van der Waals surface area contributed by atoms with E-state index in [2.05, 4.69) is 26.0 Å². The molecule has 0 radical (unpaired) electrons. The molecule has 0 saturated carbocycles. The number of unbranched alkanes of at least 4 members (excludes halogenated alkanes) is 23. The van der Waals surface area contributed by atoms with Crippen LogP contribution in [0.1, 0.15) is 194 Å². The molecule has 0 bridgehead atoms. The molecule has 4 N–H and O–H groups in total. The van der Waals surface area contributed by atoms with Gasteiger partial charge in [0.2, 0.25) is 0 Å². The van der Waals surface area contributed by atoms with Crippen molar-refractivity contribution in [3.8, 4) is 0 Å². The van der Waals surface area contributed by atoms with Crippen molar-refractivity contribution >= 4 is 17.9 Å². The van der Waals surface area contributed by atoms with Gasteiger partial charge in [-0.1, -0.05) is 154 Å². The Morgan fingerprint density at radius 2 is 0.981 bits per heavy atom. The highest BCUT2D eigenvalue weighted by molar-refractivity contribution is 5.73. The number of carboxylic acid groups (broad SMARTS) is 1. The smallest absolute Gasteiger partial charge is 0.335 e. The zero-order valence-corrected chi connectivity index (χ0v) is 34.0. The number of allylic oxidation sites excluding steroid dienone is 2. The standard InChI is InChI=1S/C43H78O11/c1-3-5-7-9-11-13-15-17-18-20-22-24-26-28-30-32-37(45)53-35(34-52-43-40(48)38(46)39(47)41(54-43)42(49)50)33-51-36(44)31-29-27-25-23-21-19-16-14-12-10-8-6-4-2/h13,15,35,38-41,43,46-48H,3-12,14,16-34H2,1-2H3,(H,49,50)/b15-13-/t35?,38-,39+,40+,41+,43+/m0/s1. The Labute approximate surface area is 326 Å². The summed E-state index contributed by atoms with van der Waals surface area (Å²) < 4.78 is 21.7. The minimum absolute atomic E-state index is 0.182. The summed E-state index contributed by atoms with van der Waals surface area (Å²) in [6, 6.07) is 0. The molecule has 1 unspecified atom stereocenters. The lowest BCUT2D eigenvalue weighted by molar-refractivity contribution is -0.298. The minimum Gasteiger partial charge on any atom is -0.479 e. The Morgan fingerprint density at radius 3 is 1.46 bits per heavy atom. The van der Waals surface area contributed by atoms with Crippen molar-refractivity contribution in [3.63, 3.8) is 0 Å². The second-order valence-corrected chi connectivity index (χ2v) is 15.2. The lowest BCUT2D eigenvalue weighted by atomic mass is 9.99. The molecule has 11 nitrogen and oxygen atoms in total. The van der Waals surface area contributed by atoms with Crippen LogP contribution in [0.3, 0.4) is 0 Å². The van der Waals surface area contributed by atoms with Gasteiger partial charge in [-0.05, 0) is 38.5 Å². The average molecular weight is 771 g/mol. The molecule has 0 amide bonds. The first-order valence-electron chi connectivity index (χ1n) is 21.7. The topological polar surface area (TPSA) is 169 Å². The first-order valence-corrected chi connectivity index (χ1v) is 21.7. The fourth-order valence-corrected chi connectivity index (χ4v) is 6.64. The van der Waals surface area contributed by atoms with Crippen LogP contribution >= 0.6 is 0 Å². The van der Waals surface area contributed by atoms with Gasteiger partial charge in [0, 0.05) is 12.8 Å². The summed E-state index contributed by atoms with van der Waals surface area (Å²) in [6.07, 6.45) is 25.5. The molecular weight excluding hydrogens is 692 g/mol. The number of aliphatic hydroxyl groups is 3. The van der Waals surface area contributed by atoms with E-state index in [1.54, 1.807) is 0 Å². The summed E-state index contributed by atoms with van der Waals surface area (Å²) in [5, 5.41) is 39.7. The highest BCUT2D eigenvalue weighted by atomic mass is 16.7. The number of esters is 2. The molecule has 54 heavy (non-hydrogen) atoms. The maximum atomic E-state index is 12.7. The van der Waals surface area contributed by atoms with Gasteiger partial charge in [-0.2, -0.15) is 0 Å². The fourth-order valence-electron chi connectivity index (χ4n) is 6.64. The molecule has 0 aliphatic carbocycles. The van der Waals surface area contributed by atoms with Crippen molar-refractivity contribution in [2.45, 2.75) is 230 Å². The van der Waals surface area contributed by atoms with Gasteiger partial charge >= 0.3 is 17.9 Å². The molecule has 1 aliphatic rings. The fraction of sp³-hybridized carbons (Fsp3) is 0.884. The molecule has 1 fully saturated rings. The van der Waals surface area contributed by atoms with E-state index >= 15 is 0 Å².